The van der Waals surface area contributed by atoms with Gasteiger partial charge in [0.2, 0.25) is 0 Å². The summed E-state index contributed by atoms with van der Waals surface area (Å²) in [5, 5.41) is 13.2. The summed E-state index contributed by atoms with van der Waals surface area (Å²) < 4.78 is 0. The van der Waals surface area contributed by atoms with E-state index in [0.717, 1.165) is 35.4 Å². The normalized spacial score (nSPS) is 16.9. The molecule has 17 heavy (non-hydrogen) atoms. The van der Waals surface area contributed by atoms with Crippen molar-refractivity contribution < 1.29 is 0 Å². The first kappa shape index (κ1) is 12.3. The molecule has 0 aliphatic heterocycles. The lowest BCUT2D eigenvalue weighted by Crippen LogP contribution is -2.34. The number of aryl methyl sites for hydroxylation is 1. The van der Waals surface area contributed by atoms with Gasteiger partial charge in [-0.05, 0) is 25.7 Å². The van der Waals surface area contributed by atoms with Crippen LogP contribution in [0, 0.1) is 12.8 Å². The molecule has 1 heterocycles. The zero-order valence-electron chi connectivity index (χ0n) is 10.1. The van der Waals surface area contributed by atoms with Crippen molar-refractivity contribution >= 4 is 17.3 Å². The average molecular weight is 253 g/mol. The van der Waals surface area contributed by atoms with Crippen molar-refractivity contribution in [2.75, 3.05) is 13.1 Å². The van der Waals surface area contributed by atoms with E-state index in [4.69, 9.17) is 5.73 Å². The van der Waals surface area contributed by atoms with E-state index < -0.39 is 0 Å². The third-order valence-corrected chi connectivity index (χ3v) is 3.86. The fraction of sp³-hybridized carbons (Fsp3) is 0.727. The molecule has 2 rings (SSSR count). The summed E-state index contributed by atoms with van der Waals surface area (Å²) in [6, 6.07) is 0. The summed E-state index contributed by atoms with van der Waals surface area (Å²) in [5.74, 6) is 1.32. The Kier molecular flexibility index (Phi) is 4.30. The van der Waals surface area contributed by atoms with Crippen LogP contribution in [0.2, 0.25) is 0 Å². The van der Waals surface area contributed by atoms with Crippen LogP contribution < -0.4 is 11.1 Å². The SMILES string of the molecule is Cc1nnc(CCNC(N)=NCC2CCC2)s1. The van der Waals surface area contributed by atoms with E-state index in [2.05, 4.69) is 20.5 Å². The Bertz CT molecular complexity index is 383. The van der Waals surface area contributed by atoms with E-state index >= 15 is 0 Å². The number of hydrogen-bond acceptors (Lipinski definition) is 4. The minimum Gasteiger partial charge on any atom is -0.370 e. The van der Waals surface area contributed by atoms with E-state index in [1.807, 2.05) is 6.92 Å². The minimum absolute atomic E-state index is 0.554. The first-order valence-electron chi connectivity index (χ1n) is 6.07. The lowest BCUT2D eigenvalue weighted by Gasteiger charge is -2.23. The Morgan fingerprint density at radius 1 is 1.53 bits per heavy atom. The molecule has 0 spiro atoms. The largest absolute Gasteiger partial charge is 0.370 e. The fourth-order valence-corrected chi connectivity index (χ4v) is 2.40. The second-order valence-electron chi connectivity index (χ2n) is 4.41. The van der Waals surface area contributed by atoms with E-state index in [0.29, 0.717) is 5.96 Å². The van der Waals surface area contributed by atoms with Crippen LogP contribution in [-0.4, -0.2) is 29.2 Å². The van der Waals surface area contributed by atoms with Gasteiger partial charge in [-0.15, -0.1) is 21.5 Å². The van der Waals surface area contributed by atoms with Crippen molar-refractivity contribution in [1.29, 1.82) is 0 Å². The number of rotatable bonds is 5. The maximum absolute atomic E-state index is 5.78. The van der Waals surface area contributed by atoms with E-state index in [-0.39, 0.29) is 0 Å². The van der Waals surface area contributed by atoms with Crippen molar-refractivity contribution in [3.05, 3.63) is 10.0 Å². The highest BCUT2D eigenvalue weighted by Gasteiger charge is 2.16. The molecule has 3 N–H and O–H groups in total. The quantitative estimate of drug-likeness (QED) is 0.608. The van der Waals surface area contributed by atoms with Gasteiger partial charge < -0.3 is 11.1 Å². The van der Waals surface area contributed by atoms with Crippen LogP contribution in [0.3, 0.4) is 0 Å². The maximum Gasteiger partial charge on any atom is 0.188 e. The Morgan fingerprint density at radius 3 is 2.94 bits per heavy atom. The molecule has 0 unspecified atom stereocenters. The van der Waals surface area contributed by atoms with Crippen molar-refractivity contribution in [1.82, 2.24) is 15.5 Å². The molecule has 0 bridgehead atoms. The second-order valence-corrected chi connectivity index (χ2v) is 5.68. The molecule has 0 atom stereocenters. The van der Waals surface area contributed by atoms with Gasteiger partial charge >= 0.3 is 0 Å². The summed E-state index contributed by atoms with van der Waals surface area (Å²) in [7, 11) is 0. The van der Waals surface area contributed by atoms with Crippen LogP contribution >= 0.6 is 11.3 Å². The average Bonchev–Trinajstić information content (AvgIpc) is 2.62. The molecule has 1 aromatic heterocycles. The Balaban J connectivity index is 1.63. The topological polar surface area (TPSA) is 76.2 Å². The van der Waals surface area contributed by atoms with E-state index in [1.54, 1.807) is 11.3 Å². The molecular weight excluding hydrogens is 234 g/mol. The van der Waals surface area contributed by atoms with Crippen LogP contribution in [0.4, 0.5) is 0 Å². The van der Waals surface area contributed by atoms with Crippen LogP contribution in [0.25, 0.3) is 0 Å². The van der Waals surface area contributed by atoms with Crippen molar-refractivity contribution in [2.24, 2.45) is 16.6 Å². The molecule has 5 nitrogen and oxygen atoms in total. The first-order chi connectivity index (χ1) is 8.24. The zero-order valence-corrected chi connectivity index (χ0v) is 11.0. The molecule has 1 aromatic rings. The smallest absolute Gasteiger partial charge is 0.188 e. The zero-order chi connectivity index (χ0) is 12.1. The summed E-state index contributed by atoms with van der Waals surface area (Å²) in [6.45, 7) is 3.61. The standard InChI is InChI=1S/C11H19N5S/c1-8-15-16-10(17-8)5-6-13-11(12)14-7-9-3-2-4-9/h9H,2-7H2,1H3,(H3,12,13,14). The van der Waals surface area contributed by atoms with Crippen LogP contribution in [0.15, 0.2) is 4.99 Å². The highest BCUT2D eigenvalue weighted by Crippen LogP contribution is 2.26. The summed E-state index contributed by atoms with van der Waals surface area (Å²) in [4.78, 5) is 4.33. The molecule has 1 fully saturated rings. The number of hydrogen-bond donors (Lipinski definition) is 2. The molecule has 1 aliphatic rings. The van der Waals surface area contributed by atoms with E-state index in [9.17, 15) is 0 Å². The van der Waals surface area contributed by atoms with Gasteiger partial charge in [0.15, 0.2) is 5.96 Å². The molecule has 1 saturated carbocycles. The molecule has 1 aliphatic carbocycles. The highest BCUT2D eigenvalue weighted by molar-refractivity contribution is 7.11. The summed E-state index contributed by atoms with van der Waals surface area (Å²) >= 11 is 1.63. The monoisotopic (exact) mass is 253 g/mol. The third-order valence-electron chi connectivity index (χ3n) is 2.96. The number of nitrogens with zero attached hydrogens (tertiary/aromatic N) is 3. The molecule has 6 heteroatoms. The van der Waals surface area contributed by atoms with Gasteiger partial charge in [-0.1, -0.05) is 6.42 Å². The number of nitrogens with two attached hydrogens (primary N) is 1. The van der Waals surface area contributed by atoms with Crippen molar-refractivity contribution in [3.8, 4) is 0 Å². The van der Waals surface area contributed by atoms with Gasteiger partial charge in [-0.3, -0.25) is 4.99 Å². The van der Waals surface area contributed by atoms with Crippen LogP contribution in [0.1, 0.15) is 29.3 Å². The number of aromatic nitrogens is 2. The lowest BCUT2D eigenvalue weighted by atomic mass is 9.86. The van der Waals surface area contributed by atoms with Gasteiger partial charge in [0.05, 0.1) is 0 Å². The predicted octanol–water partition coefficient (Wildman–Crippen LogP) is 1.09. The summed E-state index contributed by atoms with van der Waals surface area (Å²) in [6.07, 6.45) is 4.82. The maximum atomic E-state index is 5.78. The molecule has 0 saturated heterocycles. The van der Waals surface area contributed by atoms with Gasteiger partial charge in [-0.25, -0.2) is 0 Å². The van der Waals surface area contributed by atoms with Gasteiger partial charge in [0.25, 0.3) is 0 Å². The predicted molar refractivity (Wildman–Crippen MR) is 70.2 cm³/mol. The molecule has 0 aromatic carbocycles. The third kappa shape index (κ3) is 3.96. The molecule has 0 amide bonds. The van der Waals surface area contributed by atoms with Crippen LogP contribution in [-0.2, 0) is 6.42 Å². The van der Waals surface area contributed by atoms with Gasteiger partial charge in [0, 0.05) is 19.5 Å². The highest BCUT2D eigenvalue weighted by atomic mass is 32.1. The fourth-order valence-electron chi connectivity index (χ4n) is 1.69. The number of aliphatic imine (C=N–C) groups is 1. The Labute approximate surface area is 106 Å². The summed E-state index contributed by atoms with van der Waals surface area (Å²) in [5.41, 5.74) is 5.78. The second kappa shape index (κ2) is 5.95. The minimum atomic E-state index is 0.554. The van der Waals surface area contributed by atoms with Crippen LogP contribution in [0.5, 0.6) is 0 Å². The van der Waals surface area contributed by atoms with Crippen molar-refractivity contribution in [2.45, 2.75) is 32.6 Å². The van der Waals surface area contributed by atoms with Gasteiger partial charge in [0.1, 0.15) is 10.0 Å². The molecular formula is C11H19N5S. The Morgan fingerprint density at radius 2 is 2.35 bits per heavy atom. The first-order valence-corrected chi connectivity index (χ1v) is 6.88. The number of nitrogens with one attached hydrogen (secondary N) is 1. The number of guanidine groups is 1. The van der Waals surface area contributed by atoms with E-state index in [1.165, 1.54) is 19.3 Å². The molecule has 94 valence electrons. The van der Waals surface area contributed by atoms with Crippen molar-refractivity contribution in [3.63, 3.8) is 0 Å². The Hall–Kier alpha value is -1.17. The molecule has 0 radical (unpaired) electrons. The lowest BCUT2D eigenvalue weighted by molar-refractivity contribution is 0.326. The van der Waals surface area contributed by atoms with Gasteiger partial charge in [-0.2, -0.15) is 0 Å².